The zero-order chi connectivity index (χ0) is 12.3. The van der Waals surface area contributed by atoms with E-state index < -0.39 is 18.0 Å². The summed E-state index contributed by atoms with van der Waals surface area (Å²) in [7, 11) is 1.19. The standard InChI is InChI=1S/C9H9ClF2N2O2/c1-16-6(15)3-4-2-5(9(11)12)7(13)8(10)14-4/h2,9H,3,13H2,1H3. The van der Waals surface area contributed by atoms with Gasteiger partial charge in [0.25, 0.3) is 6.43 Å². The number of nitrogens with zero attached hydrogens (tertiary/aromatic N) is 1. The van der Waals surface area contributed by atoms with Crippen LogP contribution < -0.4 is 5.73 Å². The lowest BCUT2D eigenvalue weighted by Gasteiger charge is -2.08. The first kappa shape index (κ1) is 12.6. The summed E-state index contributed by atoms with van der Waals surface area (Å²) < 4.78 is 29.4. The number of methoxy groups -OCH3 is 1. The highest BCUT2D eigenvalue weighted by atomic mass is 35.5. The first-order chi connectivity index (χ1) is 7.45. The molecule has 0 unspecified atom stereocenters. The van der Waals surface area contributed by atoms with Gasteiger partial charge in [0.05, 0.1) is 24.9 Å². The third-order valence-electron chi connectivity index (χ3n) is 1.89. The summed E-state index contributed by atoms with van der Waals surface area (Å²) in [5, 5.41) is -0.239. The zero-order valence-corrected chi connectivity index (χ0v) is 9.09. The second kappa shape index (κ2) is 5.07. The second-order valence-corrected chi connectivity index (χ2v) is 3.32. The van der Waals surface area contributed by atoms with Gasteiger partial charge >= 0.3 is 5.97 Å². The highest BCUT2D eigenvalue weighted by molar-refractivity contribution is 6.32. The van der Waals surface area contributed by atoms with Crippen LogP contribution in [0.25, 0.3) is 0 Å². The minimum atomic E-state index is -2.77. The smallest absolute Gasteiger partial charge is 0.311 e. The summed E-state index contributed by atoms with van der Waals surface area (Å²) in [5.41, 5.74) is 4.72. The van der Waals surface area contributed by atoms with E-state index in [1.165, 1.54) is 7.11 Å². The number of rotatable bonds is 3. The van der Waals surface area contributed by atoms with E-state index in [9.17, 15) is 13.6 Å². The maximum absolute atomic E-state index is 12.5. The summed E-state index contributed by atoms with van der Waals surface area (Å²) in [4.78, 5) is 14.6. The lowest BCUT2D eigenvalue weighted by atomic mass is 10.1. The molecule has 16 heavy (non-hydrogen) atoms. The number of nitrogens with two attached hydrogens (primary N) is 1. The first-order valence-electron chi connectivity index (χ1n) is 4.25. The zero-order valence-electron chi connectivity index (χ0n) is 8.34. The van der Waals surface area contributed by atoms with Crippen LogP contribution in [0.3, 0.4) is 0 Å². The van der Waals surface area contributed by atoms with Crippen molar-refractivity contribution in [3.05, 3.63) is 22.5 Å². The van der Waals surface area contributed by atoms with Gasteiger partial charge in [0.2, 0.25) is 0 Å². The Kier molecular flexibility index (Phi) is 4.00. The van der Waals surface area contributed by atoms with Crippen molar-refractivity contribution < 1.29 is 18.3 Å². The van der Waals surface area contributed by atoms with Gasteiger partial charge in [-0.1, -0.05) is 11.6 Å². The molecule has 88 valence electrons. The summed E-state index contributed by atoms with van der Waals surface area (Å²) >= 11 is 5.57. The fourth-order valence-corrected chi connectivity index (χ4v) is 1.30. The predicted molar refractivity (Wildman–Crippen MR) is 54.3 cm³/mol. The van der Waals surface area contributed by atoms with Crippen molar-refractivity contribution in [1.82, 2.24) is 4.98 Å². The van der Waals surface area contributed by atoms with Gasteiger partial charge in [-0.2, -0.15) is 0 Å². The van der Waals surface area contributed by atoms with E-state index >= 15 is 0 Å². The SMILES string of the molecule is COC(=O)Cc1cc(C(F)F)c(N)c(Cl)n1. The fourth-order valence-electron chi connectivity index (χ4n) is 1.09. The first-order valence-corrected chi connectivity index (χ1v) is 4.63. The topological polar surface area (TPSA) is 65.2 Å². The second-order valence-electron chi connectivity index (χ2n) is 2.96. The lowest BCUT2D eigenvalue weighted by molar-refractivity contribution is -0.139. The number of nitrogen functional groups attached to an aromatic ring is 1. The van der Waals surface area contributed by atoms with Crippen LogP contribution in [0, 0.1) is 0 Å². The Morgan fingerprint density at radius 1 is 1.69 bits per heavy atom. The van der Waals surface area contributed by atoms with Crippen molar-refractivity contribution in [2.24, 2.45) is 0 Å². The molecule has 0 aliphatic carbocycles. The van der Waals surface area contributed by atoms with Crippen LogP contribution in [0.1, 0.15) is 17.7 Å². The van der Waals surface area contributed by atoms with Gasteiger partial charge in [-0.15, -0.1) is 0 Å². The molecule has 0 atom stereocenters. The average Bonchev–Trinajstić information content (AvgIpc) is 2.22. The number of hydrogen-bond donors (Lipinski definition) is 1. The van der Waals surface area contributed by atoms with Gasteiger partial charge in [0, 0.05) is 5.56 Å². The van der Waals surface area contributed by atoms with Gasteiger partial charge in [-0.05, 0) is 6.07 Å². The number of carbonyl (C=O) groups is 1. The number of pyridine rings is 1. The molecule has 0 amide bonds. The molecule has 0 saturated carbocycles. The van der Waals surface area contributed by atoms with Crippen molar-refractivity contribution in [3.63, 3.8) is 0 Å². The van der Waals surface area contributed by atoms with Crippen LogP contribution in [-0.2, 0) is 16.0 Å². The molecule has 1 aromatic rings. The number of alkyl halides is 2. The van der Waals surface area contributed by atoms with E-state index in [0.29, 0.717) is 0 Å². The van der Waals surface area contributed by atoms with E-state index in [4.69, 9.17) is 17.3 Å². The normalized spacial score (nSPS) is 10.6. The van der Waals surface area contributed by atoms with E-state index in [-0.39, 0.29) is 23.0 Å². The molecule has 0 saturated heterocycles. The van der Waals surface area contributed by atoms with Crippen LogP contribution in [0.15, 0.2) is 6.07 Å². The van der Waals surface area contributed by atoms with Crippen molar-refractivity contribution in [1.29, 1.82) is 0 Å². The minimum Gasteiger partial charge on any atom is -0.469 e. The third kappa shape index (κ3) is 2.79. The molecule has 7 heteroatoms. The molecule has 0 radical (unpaired) electrons. The number of esters is 1. The monoisotopic (exact) mass is 250 g/mol. The maximum atomic E-state index is 12.5. The highest BCUT2D eigenvalue weighted by Crippen LogP contribution is 2.30. The molecule has 0 aromatic carbocycles. The Bertz CT molecular complexity index is 413. The molecule has 1 aromatic heterocycles. The summed E-state index contributed by atoms with van der Waals surface area (Å²) in [6.07, 6.45) is -2.99. The van der Waals surface area contributed by atoms with Gasteiger partial charge in [0.1, 0.15) is 0 Å². The predicted octanol–water partition coefficient (Wildman–Crippen LogP) is 1.97. The van der Waals surface area contributed by atoms with Gasteiger partial charge < -0.3 is 10.5 Å². The molecule has 4 nitrogen and oxygen atoms in total. The Morgan fingerprint density at radius 3 is 2.81 bits per heavy atom. The number of anilines is 1. The van der Waals surface area contributed by atoms with Crippen molar-refractivity contribution >= 4 is 23.3 Å². The third-order valence-corrected chi connectivity index (χ3v) is 2.17. The summed E-state index contributed by atoms with van der Waals surface area (Å²) in [6, 6.07) is 1.04. The average molecular weight is 251 g/mol. The van der Waals surface area contributed by atoms with Crippen molar-refractivity contribution in [3.8, 4) is 0 Å². The van der Waals surface area contributed by atoms with Crippen LogP contribution >= 0.6 is 11.6 Å². The Morgan fingerprint density at radius 2 is 2.31 bits per heavy atom. The Balaban J connectivity index is 3.09. The van der Waals surface area contributed by atoms with Crippen LogP contribution in [-0.4, -0.2) is 18.1 Å². The van der Waals surface area contributed by atoms with E-state index in [0.717, 1.165) is 6.07 Å². The van der Waals surface area contributed by atoms with Crippen molar-refractivity contribution in [2.75, 3.05) is 12.8 Å². The molecule has 1 heterocycles. The largest absolute Gasteiger partial charge is 0.469 e. The number of hydrogen-bond acceptors (Lipinski definition) is 4. The van der Waals surface area contributed by atoms with Crippen LogP contribution in [0.2, 0.25) is 5.15 Å². The molecular weight excluding hydrogens is 242 g/mol. The number of halogens is 3. The molecule has 1 rings (SSSR count). The molecule has 0 bridgehead atoms. The Labute approximate surface area is 95.4 Å². The highest BCUT2D eigenvalue weighted by Gasteiger charge is 2.17. The Hall–Kier alpha value is -1.43. The lowest BCUT2D eigenvalue weighted by Crippen LogP contribution is -2.08. The molecular formula is C9H9ClF2N2O2. The van der Waals surface area contributed by atoms with E-state index in [1.807, 2.05) is 0 Å². The number of ether oxygens (including phenoxy) is 1. The molecule has 0 aliphatic heterocycles. The summed E-state index contributed by atoms with van der Waals surface area (Å²) in [6.45, 7) is 0. The van der Waals surface area contributed by atoms with Gasteiger partial charge in [-0.3, -0.25) is 4.79 Å². The number of aromatic nitrogens is 1. The van der Waals surface area contributed by atoms with Crippen LogP contribution in [0.5, 0.6) is 0 Å². The minimum absolute atomic E-state index is 0.0985. The fraction of sp³-hybridized carbons (Fsp3) is 0.333. The molecule has 0 aliphatic rings. The maximum Gasteiger partial charge on any atom is 0.311 e. The van der Waals surface area contributed by atoms with Crippen molar-refractivity contribution in [2.45, 2.75) is 12.8 Å². The molecule has 2 N–H and O–H groups in total. The molecule has 0 fully saturated rings. The quantitative estimate of drug-likeness (QED) is 0.658. The number of carbonyl (C=O) groups excluding carboxylic acids is 1. The van der Waals surface area contributed by atoms with E-state index in [1.54, 1.807) is 0 Å². The van der Waals surface area contributed by atoms with Gasteiger partial charge in [-0.25, -0.2) is 13.8 Å². The van der Waals surface area contributed by atoms with E-state index in [2.05, 4.69) is 9.72 Å². The summed E-state index contributed by atoms with van der Waals surface area (Å²) in [5.74, 6) is -0.589. The van der Waals surface area contributed by atoms with Crippen LogP contribution in [0.4, 0.5) is 14.5 Å². The molecule has 0 spiro atoms. The van der Waals surface area contributed by atoms with Gasteiger partial charge in [0.15, 0.2) is 5.15 Å².